The number of aryl methyl sites for hydroxylation is 2. The van der Waals surface area contributed by atoms with E-state index >= 15 is 0 Å². The van der Waals surface area contributed by atoms with Gasteiger partial charge in [-0.1, -0.05) is 31.5 Å². The Morgan fingerprint density at radius 3 is 2.18 bits per heavy atom. The first-order chi connectivity index (χ1) is 16.2. The molecule has 0 spiro atoms. The van der Waals surface area contributed by atoms with E-state index in [-0.39, 0.29) is 22.8 Å². The predicted molar refractivity (Wildman–Crippen MR) is 131 cm³/mol. The van der Waals surface area contributed by atoms with E-state index < -0.39 is 22.7 Å². The monoisotopic (exact) mass is 508 g/mol. The quantitative estimate of drug-likeness (QED) is 0.227. The first-order valence-electron chi connectivity index (χ1n) is 10.3. The van der Waals surface area contributed by atoms with Crippen LogP contribution in [0.2, 0.25) is 0 Å². The van der Waals surface area contributed by atoms with Gasteiger partial charge in [0.2, 0.25) is 5.82 Å². The van der Waals surface area contributed by atoms with Crippen molar-refractivity contribution in [3.63, 3.8) is 0 Å². The van der Waals surface area contributed by atoms with Crippen molar-refractivity contribution in [2.75, 3.05) is 6.26 Å². The lowest BCUT2D eigenvalue weighted by molar-refractivity contribution is 0.409. The molecule has 1 heterocycles. The second-order valence-corrected chi connectivity index (χ2v) is 8.57. The van der Waals surface area contributed by atoms with E-state index in [0.29, 0.717) is 20.7 Å². The number of rotatable bonds is 4. The maximum absolute atomic E-state index is 14.3. The van der Waals surface area contributed by atoms with E-state index in [2.05, 4.69) is 4.98 Å². The Balaban J connectivity index is 0.000000286. The number of benzene rings is 3. The molecule has 4 aromatic rings. The third-order valence-electron chi connectivity index (χ3n) is 4.58. The fourth-order valence-corrected chi connectivity index (χ4v) is 3.98. The zero-order chi connectivity index (χ0) is 25.4. The number of aromatic amines is 1. The Morgan fingerprint density at radius 2 is 1.62 bits per heavy atom. The Hall–Kier alpha value is -2.75. The highest BCUT2D eigenvalue weighted by atomic mass is 32.2. The largest absolute Gasteiger partial charge is 0.768 e. The number of nitrogens with one attached hydrogen (secondary N) is 1. The molecule has 0 fully saturated rings. The lowest BCUT2D eigenvalue weighted by Crippen LogP contribution is -1.97. The second kappa shape index (κ2) is 12.6. The molecule has 0 amide bonds. The van der Waals surface area contributed by atoms with E-state index in [1.807, 2.05) is 20.8 Å². The molecule has 0 saturated carbocycles. The van der Waals surface area contributed by atoms with Gasteiger partial charge in [0, 0.05) is 16.5 Å². The van der Waals surface area contributed by atoms with Gasteiger partial charge < -0.3 is 14.3 Å². The van der Waals surface area contributed by atoms with Crippen molar-refractivity contribution in [3.05, 3.63) is 83.3 Å². The van der Waals surface area contributed by atoms with Crippen molar-refractivity contribution >= 4 is 33.7 Å². The molecule has 0 aliphatic carbocycles. The van der Waals surface area contributed by atoms with Crippen molar-refractivity contribution < 1.29 is 26.7 Å². The summed E-state index contributed by atoms with van der Waals surface area (Å²) >= 11 is -0.834. The highest BCUT2D eigenvalue weighted by Gasteiger charge is 2.22. The van der Waals surface area contributed by atoms with Crippen LogP contribution < -0.4 is 4.74 Å². The number of hydrogen-bond acceptors (Lipinski definition) is 4. The molecule has 4 nitrogen and oxygen atoms in total. The molecule has 9 heteroatoms. The van der Waals surface area contributed by atoms with Crippen LogP contribution in [0.25, 0.3) is 10.9 Å². The average Bonchev–Trinajstić information content (AvgIpc) is 3.32. The number of halogens is 3. The van der Waals surface area contributed by atoms with Gasteiger partial charge in [0.15, 0.2) is 11.6 Å². The minimum atomic E-state index is -2.09. The summed E-state index contributed by atoms with van der Waals surface area (Å²) in [5.41, 5.74) is 1.53. The van der Waals surface area contributed by atoms with Gasteiger partial charge in [-0.2, -0.15) is 4.39 Å². The van der Waals surface area contributed by atoms with Gasteiger partial charge in [0.25, 0.3) is 0 Å². The minimum Gasteiger partial charge on any atom is -0.768 e. The third-order valence-corrected chi connectivity index (χ3v) is 6.05. The van der Waals surface area contributed by atoms with Crippen LogP contribution >= 0.6 is 11.8 Å². The molecule has 1 unspecified atom stereocenters. The van der Waals surface area contributed by atoms with Crippen LogP contribution in [-0.4, -0.2) is 20.0 Å². The fraction of sp³-hybridized carbons (Fsp3) is 0.200. The highest BCUT2D eigenvalue weighted by Crippen LogP contribution is 2.41. The molecule has 182 valence electrons. The first kappa shape index (κ1) is 27.5. The number of aromatic nitrogens is 1. The molecule has 0 saturated heterocycles. The third kappa shape index (κ3) is 6.43. The van der Waals surface area contributed by atoms with Crippen molar-refractivity contribution in [1.29, 1.82) is 0 Å². The van der Waals surface area contributed by atoms with Gasteiger partial charge in [0.05, 0.1) is 10.4 Å². The molecular formula is C25H25F3NO3S2-. The smallest absolute Gasteiger partial charge is 0.204 e. The zero-order valence-corrected chi connectivity index (χ0v) is 21.0. The normalized spacial score (nSPS) is 11.2. The van der Waals surface area contributed by atoms with Crippen molar-refractivity contribution in [2.24, 2.45) is 0 Å². The molecule has 1 N–H and O–H groups in total. The van der Waals surface area contributed by atoms with Crippen molar-refractivity contribution in [3.8, 4) is 11.5 Å². The van der Waals surface area contributed by atoms with Crippen molar-refractivity contribution in [2.45, 2.75) is 37.5 Å². The van der Waals surface area contributed by atoms with Gasteiger partial charge in [-0.05, 0) is 73.1 Å². The first-order valence-corrected chi connectivity index (χ1v) is 12.6. The van der Waals surface area contributed by atoms with Crippen LogP contribution in [-0.2, 0) is 11.1 Å². The Morgan fingerprint density at radius 1 is 0.971 bits per heavy atom. The standard InChI is InChI=1S/C16H12F3NOS.C7H8O2S.C2H6/c1-8-7-9(3-4-11(8)17)21-15-13(19)12(18)14-10(5-6-20-14)16(15)22-2;1-6-2-4-7(5-3-6)10(8)9;1-2/h3-7,20H,1-2H3;2-5H,1H3,(H,8,9);1-2H3/p-1. The van der Waals surface area contributed by atoms with E-state index in [9.17, 15) is 21.9 Å². The molecule has 1 atom stereocenters. The van der Waals surface area contributed by atoms with Crippen LogP contribution in [0.3, 0.4) is 0 Å². The topological polar surface area (TPSA) is 65.2 Å². The summed E-state index contributed by atoms with van der Waals surface area (Å²) in [5, 5.41) is 0.542. The molecule has 0 radical (unpaired) electrons. The summed E-state index contributed by atoms with van der Waals surface area (Å²) in [4.78, 5) is 3.50. The molecule has 0 aliphatic heterocycles. The minimum absolute atomic E-state index is 0.101. The molecule has 1 aromatic heterocycles. The van der Waals surface area contributed by atoms with E-state index in [1.165, 1.54) is 30.0 Å². The lowest BCUT2D eigenvalue weighted by atomic mass is 10.2. The van der Waals surface area contributed by atoms with E-state index in [1.54, 1.807) is 49.7 Å². The van der Waals surface area contributed by atoms with Gasteiger partial charge in [0.1, 0.15) is 11.6 Å². The summed E-state index contributed by atoms with van der Waals surface area (Å²) in [5.74, 6) is -2.39. The maximum Gasteiger partial charge on any atom is 0.204 e. The second-order valence-electron chi connectivity index (χ2n) is 6.82. The zero-order valence-electron chi connectivity index (χ0n) is 19.4. The van der Waals surface area contributed by atoms with E-state index in [0.717, 1.165) is 5.56 Å². The molecule has 34 heavy (non-hydrogen) atoms. The fourth-order valence-electron chi connectivity index (χ4n) is 2.91. The van der Waals surface area contributed by atoms with Crippen molar-refractivity contribution in [1.82, 2.24) is 4.98 Å². The van der Waals surface area contributed by atoms with E-state index in [4.69, 9.17) is 4.74 Å². The maximum atomic E-state index is 14.3. The summed E-state index contributed by atoms with van der Waals surface area (Å²) in [6.07, 6.45) is 3.29. The molecule has 0 bridgehead atoms. The molecule has 3 aromatic carbocycles. The van der Waals surface area contributed by atoms with Gasteiger partial charge in [-0.3, -0.25) is 4.21 Å². The van der Waals surface area contributed by atoms with Crippen LogP contribution in [0.5, 0.6) is 11.5 Å². The molecule has 0 aliphatic rings. The van der Waals surface area contributed by atoms with Crippen LogP contribution in [0.1, 0.15) is 25.0 Å². The van der Waals surface area contributed by atoms with Crippen LogP contribution in [0, 0.1) is 31.3 Å². The number of ether oxygens (including phenoxy) is 1. The lowest BCUT2D eigenvalue weighted by Gasteiger charge is -2.13. The Bertz CT molecular complexity index is 1270. The Kier molecular flexibility index (Phi) is 10.2. The predicted octanol–water partition coefficient (Wildman–Crippen LogP) is 7.67. The molecular weight excluding hydrogens is 483 g/mol. The number of hydrogen-bond donors (Lipinski definition) is 1. The SMILES string of the molecule is CC.CSc1c(Oc2ccc(F)c(C)c2)c(F)c(F)c2[nH]ccc12.Cc1ccc(S(=O)[O-])cc1. The number of thioether (sulfide) groups is 1. The van der Waals surface area contributed by atoms with Gasteiger partial charge in [-0.15, -0.1) is 11.8 Å². The highest BCUT2D eigenvalue weighted by molar-refractivity contribution is 7.99. The summed E-state index contributed by atoms with van der Waals surface area (Å²) in [6, 6.07) is 12.4. The van der Waals surface area contributed by atoms with Gasteiger partial charge in [-0.25, -0.2) is 8.78 Å². The average molecular weight is 509 g/mol. The molecule has 4 rings (SSSR count). The van der Waals surface area contributed by atoms with Gasteiger partial charge >= 0.3 is 0 Å². The summed E-state index contributed by atoms with van der Waals surface area (Å²) in [6.45, 7) is 7.49. The number of fused-ring (bicyclic) bond motifs is 1. The van der Waals surface area contributed by atoms with Crippen LogP contribution in [0.15, 0.2) is 64.5 Å². The Labute approximate surface area is 203 Å². The number of H-pyrrole nitrogens is 1. The summed E-state index contributed by atoms with van der Waals surface area (Å²) in [7, 11) is 0. The summed E-state index contributed by atoms with van der Waals surface area (Å²) < 4.78 is 67.8. The van der Waals surface area contributed by atoms with Crippen LogP contribution in [0.4, 0.5) is 13.2 Å².